The van der Waals surface area contributed by atoms with E-state index < -0.39 is 5.97 Å². The highest BCUT2D eigenvalue weighted by Crippen LogP contribution is 2.31. The summed E-state index contributed by atoms with van der Waals surface area (Å²) in [5.74, 6) is 0.0833. The quantitative estimate of drug-likeness (QED) is 0.628. The first-order chi connectivity index (χ1) is 7.15. The van der Waals surface area contributed by atoms with Crippen molar-refractivity contribution in [3.05, 3.63) is 27.7 Å². The van der Waals surface area contributed by atoms with E-state index >= 15 is 0 Å². The van der Waals surface area contributed by atoms with Crippen LogP contribution in [-0.4, -0.2) is 20.2 Å². The third kappa shape index (κ3) is 2.52. The minimum atomic E-state index is -0.415. The average molecular weight is 338 g/mol. The number of benzene rings is 1. The molecule has 0 heterocycles. The Morgan fingerprint density at radius 3 is 2.53 bits per heavy atom. The Morgan fingerprint density at radius 1 is 1.40 bits per heavy atom. The normalized spacial score (nSPS) is 9.87. The Morgan fingerprint density at radius 2 is 2.07 bits per heavy atom. The standard InChI is InChI=1S/C10H10Br2O3/c1-14-7-4-3-6(5-11)9(12)8(7)10(13)15-2/h3-4H,5H2,1-2H3. The maximum Gasteiger partial charge on any atom is 0.342 e. The van der Waals surface area contributed by atoms with Crippen LogP contribution >= 0.6 is 31.9 Å². The lowest BCUT2D eigenvalue weighted by Gasteiger charge is -2.11. The predicted molar refractivity (Wildman–Crippen MR) is 64.7 cm³/mol. The molecule has 0 aliphatic heterocycles. The molecule has 15 heavy (non-hydrogen) atoms. The number of alkyl halides is 1. The second kappa shape index (κ2) is 5.51. The number of carbonyl (C=O) groups excluding carboxylic acids is 1. The van der Waals surface area contributed by atoms with Gasteiger partial charge in [-0.25, -0.2) is 4.79 Å². The van der Waals surface area contributed by atoms with E-state index in [-0.39, 0.29) is 0 Å². The fourth-order valence-electron chi connectivity index (χ4n) is 1.17. The minimum absolute atomic E-state index is 0.414. The Kier molecular flexibility index (Phi) is 4.60. The molecule has 0 fully saturated rings. The van der Waals surface area contributed by atoms with Gasteiger partial charge in [-0.15, -0.1) is 0 Å². The minimum Gasteiger partial charge on any atom is -0.496 e. The van der Waals surface area contributed by atoms with Crippen LogP contribution in [-0.2, 0) is 10.1 Å². The van der Waals surface area contributed by atoms with Crippen LogP contribution in [0.4, 0.5) is 0 Å². The lowest BCUT2D eigenvalue weighted by molar-refractivity contribution is 0.0596. The summed E-state index contributed by atoms with van der Waals surface area (Å²) in [5, 5.41) is 0.654. The number of esters is 1. The highest BCUT2D eigenvalue weighted by Gasteiger charge is 2.18. The van der Waals surface area contributed by atoms with Crippen LogP contribution in [0.1, 0.15) is 15.9 Å². The highest BCUT2D eigenvalue weighted by molar-refractivity contribution is 9.10. The molecule has 1 rings (SSSR count). The van der Waals surface area contributed by atoms with Crippen molar-refractivity contribution in [1.82, 2.24) is 0 Å². The molecule has 0 spiro atoms. The first kappa shape index (κ1) is 12.5. The van der Waals surface area contributed by atoms with Crippen LogP contribution in [0, 0.1) is 0 Å². The lowest BCUT2D eigenvalue weighted by Crippen LogP contribution is -2.06. The fraction of sp³-hybridized carbons (Fsp3) is 0.300. The molecular weight excluding hydrogens is 328 g/mol. The summed E-state index contributed by atoms with van der Waals surface area (Å²) in [7, 11) is 2.86. The van der Waals surface area contributed by atoms with E-state index in [1.165, 1.54) is 14.2 Å². The molecule has 0 aliphatic carbocycles. The maximum atomic E-state index is 11.5. The number of carbonyl (C=O) groups is 1. The van der Waals surface area contributed by atoms with Crippen LogP contribution in [0.25, 0.3) is 0 Å². The summed E-state index contributed by atoms with van der Waals surface area (Å²) in [6, 6.07) is 3.62. The molecule has 0 aromatic heterocycles. The lowest BCUT2D eigenvalue weighted by atomic mass is 10.1. The SMILES string of the molecule is COC(=O)c1c(OC)ccc(CBr)c1Br. The van der Waals surface area contributed by atoms with Gasteiger partial charge in [0.15, 0.2) is 0 Å². The van der Waals surface area contributed by atoms with Gasteiger partial charge in [0, 0.05) is 9.80 Å². The number of hydrogen-bond acceptors (Lipinski definition) is 3. The van der Waals surface area contributed by atoms with Crippen molar-refractivity contribution in [2.75, 3.05) is 14.2 Å². The van der Waals surface area contributed by atoms with Gasteiger partial charge in [-0.05, 0) is 27.6 Å². The molecule has 5 heteroatoms. The molecule has 0 saturated heterocycles. The van der Waals surface area contributed by atoms with Crippen molar-refractivity contribution >= 4 is 37.8 Å². The number of ether oxygens (including phenoxy) is 2. The van der Waals surface area contributed by atoms with Crippen molar-refractivity contribution in [3.8, 4) is 5.75 Å². The van der Waals surface area contributed by atoms with Gasteiger partial charge < -0.3 is 9.47 Å². The average Bonchev–Trinajstić information content (AvgIpc) is 2.27. The van der Waals surface area contributed by atoms with Gasteiger partial charge >= 0.3 is 5.97 Å². The zero-order chi connectivity index (χ0) is 11.4. The molecule has 0 unspecified atom stereocenters. The molecule has 0 saturated carbocycles. The van der Waals surface area contributed by atoms with E-state index in [1.807, 2.05) is 6.07 Å². The van der Waals surface area contributed by atoms with Crippen LogP contribution in [0.2, 0.25) is 0 Å². The topological polar surface area (TPSA) is 35.5 Å². The number of hydrogen-bond donors (Lipinski definition) is 0. The van der Waals surface area contributed by atoms with E-state index in [4.69, 9.17) is 9.47 Å². The smallest absolute Gasteiger partial charge is 0.342 e. The van der Waals surface area contributed by atoms with Crippen molar-refractivity contribution < 1.29 is 14.3 Å². The van der Waals surface area contributed by atoms with Gasteiger partial charge in [-0.3, -0.25) is 0 Å². The molecule has 0 N–H and O–H groups in total. The largest absolute Gasteiger partial charge is 0.496 e. The maximum absolute atomic E-state index is 11.5. The van der Waals surface area contributed by atoms with Gasteiger partial charge in [0.25, 0.3) is 0 Å². The van der Waals surface area contributed by atoms with E-state index in [0.29, 0.717) is 21.1 Å². The van der Waals surface area contributed by atoms with Crippen molar-refractivity contribution in [2.24, 2.45) is 0 Å². The van der Waals surface area contributed by atoms with Crippen LogP contribution in [0.5, 0.6) is 5.75 Å². The third-order valence-corrected chi connectivity index (χ3v) is 3.45. The first-order valence-corrected chi connectivity index (χ1v) is 6.06. The molecule has 82 valence electrons. The molecule has 0 atom stereocenters. The summed E-state index contributed by atoms with van der Waals surface area (Å²) < 4.78 is 10.5. The van der Waals surface area contributed by atoms with Gasteiger partial charge in [0.2, 0.25) is 0 Å². The van der Waals surface area contributed by atoms with Gasteiger partial charge in [0.05, 0.1) is 14.2 Å². The fourth-order valence-corrected chi connectivity index (χ4v) is 2.64. The molecule has 1 aromatic carbocycles. The Hall–Kier alpha value is -0.550. The Bertz CT molecular complexity index is 377. The number of methoxy groups -OCH3 is 2. The summed E-state index contributed by atoms with van der Waals surface area (Å²) in [4.78, 5) is 11.5. The van der Waals surface area contributed by atoms with Crippen molar-refractivity contribution in [1.29, 1.82) is 0 Å². The zero-order valence-electron chi connectivity index (χ0n) is 8.34. The molecular formula is C10H10Br2O3. The third-order valence-electron chi connectivity index (χ3n) is 1.94. The van der Waals surface area contributed by atoms with Crippen LogP contribution in [0.15, 0.2) is 16.6 Å². The van der Waals surface area contributed by atoms with Crippen molar-refractivity contribution in [3.63, 3.8) is 0 Å². The summed E-state index contributed by atoms with van der Waals surface area (Å²) >= 11 is 6.70. The number of rotatable bonds is 3. The second-order valence-corrected chi connectivity index (χ2v) is 4.09. The van der Waals surface area contributed by atoms with E-state index in [2.05, 4.69) is 31.9 Å². The second-order valence-electron chi connectivity index (χ2n) is 2.74. The molecule has 0 aliphatic rings. The molecule has 0 radical (unpaired) electrons. The predicted octanol–water partition coefficient (Wildman–Crippen LogP) is 3.14. The summed E-state index contributed by atoms with van der Waals surface area (Å²) in [5.41, 5.74) is 1.38. The highest BCUT2D eigenvalue weighted by atomic mass is 79.9. The zero-order valence-corrected chi connectivity index (χ0v) is 11.5. The van der Waals surface area contributed by atoms with E-state index in [9.17, 15) is 4.79 Å². The summed E-state index contributed by atoms with van der Waals surface area (Å²) in [6.45, 7) is 0. The van der Waals surface area contributed by atoms with Gasteiger partial charge in [0.1, 0.15) is 11.3 Å². The summed E-state index contributed by atoms with van der Waals surface area (Å²) in [6.07, 6.45) is 0. The van der Waals surface area contributed by atoms with Crippen LogP contribution < -0.4 is 4.74 Å². The monoisotopic (exact) mass is 336 g/mol. The Balaban J connectivity index is 3.35. The Labute approximate surface area is 105 Å². The molecule has 3 nitrogen and oxygen atoms in total. The van der Waals surface area contributed by atoms with E-state index in [0.717, 1.165) is 5.56 Å². The molecule has 1 aromatic rings. The molecule has 0 amide bonds. The van der Waals surface area contributed by atoms with Gasteiger partial charge in [-0.1, -0.05) is 22.0 Å². The number of halogens is 2. The van der Waals surface area contributed by atoms with Crippen LogP contribution in [0.3, 0.4) is 0 Å². The van der Waals surface area contributed by atoms with Crippen molar-refractivity contribution in [2.45, 2.75) is 5.33 Å². The molecule has 0 bridgehead atoms. The van der Waals surface area contributed by atoms with Gasteiger partial charge in [-0.2, -0.15) is 0 Å². The van der Waals surface area contributed by atoms with E-state index in [1.54, 1.807) is 6.07 Å². The first-order valence-electron chi connectivity index (χ1n) is 4.15.